The lowest BCUT2D eigenvalue weighted by atomic mass is 10.1. The van der Waals surface area contributed by atoms with Gasteiger partial charge in [-0.25, -0.2) is 4.98 Å². The first-order valence-electron chi connectivity index (χ1n) is 9.70. The second-order valence-electron chi connectivity index (χ2n) is 7.16. The number of fused-ring (bicyclic) bond motifs is 1. The number of benzene rings is 2. The monoisotopic (exact) mass is 395 g/mol. The number of carbonyl (C=O) groups is 1. The van der Waals surface area contributed by atoms with Crippen LogP contribution in [0, 0.1) is 13.8 Å². The van der Waals surface area contributed by atoms with Crippen molar-refractivity contribution in [2.45, 2.75) is 20.8 Å². The fourth-order valence-electron chi connectivity index (χ4n) is 3.64. The highest BCUT2D eigenvalue weighted by atomic mass is 32.1. The van der Waals surface area contributed by atoms with Gasteiger partial charge in [0.25, 0.3) is 5.91 Å². The van der Waals surface area contributed by atoms with Crippen LogP contribution < -0.4 is 9.64 Å². The molecule has 0 radical (unpaired) electrons. The largest absolute Gasteiger partial charge is 0.494 e. The molecule has 28 heavy (non-hydrogen) atoms. The average Bonchev–Trinajstić information content (AvgIpc) is 3.13. The molecule has 0 aliphatic carbocycles. The molecule has 0 atom stereocenters. The summed E-state index contributed by atoms with van der Waals surface area (Å²) in [5.41, 5.74) is 4.31. The van der Waals surface area contributed by atoms with Crippen molar-refractivity contribution in [2.24, 2.45) is 0 Å². The number of carbonyl (C=O) groups excluding carboxylic acids is 1. The summed E-state index contributed by atoms with van der Waals surface area (Å²) < 4.78 is 6.71. The SMILES string of the molecule is CCOc1ccc(C(=O)N2CCN(c3nc4cc(C)cc(C)c4s3)CC2)cc1. The highest BCUT2D eigenvalue weighted by molar-refractivity contribution is 7.22. The smallest absolute Gasteiger partial charge is 0.253 e. The minimum atomic E-state index is 0.0819. The van der Waals surface area contributed by atoms with E-state index in [1.165, 1.54) is 15.8 Å². The van der Waals surface area contributed by atoms with Gasteiger partial charge in [-0.1, -0.05) is 17.4 Å². The van der Waals surface area contributed by atoms with E-state index in [1.807, 2.05) is 36.1 Å². The Morgan fingerprint density at radius 3 is 2.50 bits per heavy atom. The molecule has 1 fully saturated rings. The van der Waals surface area contributed by atoms with Crippen LogP contribution in [0.25, 0.3) is 10.2 Å². The molecule has 0 unspecified atom stereocenters. The fraction of sp³-hybridized carbons (Fsp3) is 0.364. The van der Waals surface area contributed by atoms with E-state index in [0.29, 0.717) is 25.3 Å². The molecule has 4 rings (SSSR count). The third-order valence-corrected chi connectivity index (χ3v) is 6.33. The van der Waals surface area contributed by atoms with E-state index in [-0.39, 0.29) is 5.91 Å². The normalized spacial score (nSPS) is 14.5. The maximum absolute atomic E-state index is 12.8. The van der Waals surface area contributed by atoms with Crippen LogP contribution in [0.15, 0.2) is 36.4 Å². The van der Waals surface area contributed by atoms with Gasteiger partial charge in [0, 0.05) is 31.7 Å². The predicted octanol–water partition coefficient (Wildman–Crippen LogP) is 4.27. The van der Waals surface area contributed by atoms with E-state index in [4.69, 9.17) is 9.72 Å². The Kier molecular flexibility index (Phi) is 5.22. The number of aromatic nitrogens is 1. The van der Waals surface area contributed by atoms with Crippen LogP contribution in [0.1, 0.15) is 28.4 Å². The summed E-state index contributed by atoms with van der Waals surface area (Å²) in [6, 6.07) is 11.8. The molecule has 2 aromatic carbocycles. The third-order valence-electron chi connectivity index (χ3n) is 5.06. The Hall–Kier alpha value is -2.60. The van der Waals surface area contributed by atoms with Gasteiger partial charge in [-0.2, -0.15) is 0 Å². The van der Waals surface area contributed by atoms with Crippen molar-refractivity contribution < 1.29 is 9.53 Å². The molecular weight excluding hydrogens is 370 g/mol. The van der Waals surface area contributed by atoms with E-state index < -0.39 is 0 Å². The van der Waals surface area contributed by atoms with Gasteiger partial charge in [0.15, 0.2) is 5.13 Å². The number of ether oxygens (including phenoxy) is 1. The summed E-state index contributed by atoms with van der Waals surface area (Å²) in [4.78, 5) is 21.8. The Morgan fingerprint density at radius 1 is 1.11 bits per heavy atom. The predicted molar refractivity (Wildman–Crippen MR) is 115 cm³/mol. The standard InChI is InChI=1S/C22H25N3O2S/c1-4-27-18-7-5-17(6-8-18)21(26)24-9-11-25(12-10-24)22-23-19-14-15(2)13-16(3)20(19)28-22/h5-8,13-14H,4,9-12H2,1-3H3. The summed E-state index contributed by atoms with van der Waals surface area (Å²) in [5.74, 6) is 0.878. The highest BCUT2D eigenvalue weighted by Gasteiger charge is 2.24. The second-order valence-corrected chi connectivity index (χ2v) is 8.14. The van der Waals surface area contributed by atoms with Crippen molar-refractivity contribution in [2.75, 3.05) is 37.7 Å². The summed E-state index contributed by atoms with van der Waals surface area (Å²) >= 11 is 1.75. The number of aryl methyl sites for hydroxylation is 2. The molecule has 1 aromatic heterocycles. The number of rotatable bonds is 4. The zero-order valence-electron chi connectivity index (χ0n) is 16.6. The molecule has 0 spiro atoms. The third kappa shape index (κ3) is 3.69. The molecule has 0 saturated carbocycles. The van der Waals surface area contributed by atoms with Crippen molar-refractivity contribution in [1.29, 1.82) is 0 Å². The number of hydrogen-bond acceptors (Lipinski definition) is 5. The van der Waals surface area contributed by atoms with Crippen molar-refractivity contribution >= 4 is 32.6 Å². The number of nitrogens with zero attached hydrogens (tertiary/aromatic N) is 3. The van der Waals surface area contributed by atoms with Crippen LogP contribution in [-0.2, 0) is 0 Å². The molecule has 2 heterocycles. The van der Waals surface area contributed by atoms with Crippen LogP contribution in [0.5, 0.6) is 5.75 Å². The number of hydrogen-bond donors (Lipinski definition) is 0. The van der Waals surface area contributed by atoms with E-state index in [0.717, 1.165) is 29.5 Å². The van der Waals surface area contributed by atoms with E-state index in [1.54, 1.807) is 11.3 Å². The maximum atomic E-state index is 12.8. The van der Waals surface area contributed by atoms with Gasteiger partial charge in [0.1, 0.15) is 5.75 Å². The van der Waals surface area contributed by atoms with Crippen LogP contribution in [0.2, 0.25) is 0 Å². The van der Waals surface area contributed by atoms with Crippen LogP contribution in [0.4, 0.5) is 5.13 Å². The van der Waals surface area contributed by atoms with Crippen molar-refractivity contribution in [3.05, 3.63) is 53.1 Å². The van der Waals surface area contributed by atoms with Crippen LogP contribution in [-0.4, -0.2) is 48.6 Å². The molecule has 1 amide bonds. The lowest BCUT2D eigenvalue weighted by Gasteiger charge is -2.34. The Bertz CT molecular complexity index is 989. The molecular formula is C22H25N3O2S. The Labute approximate surface area is 169 Å². The molecule has 0 N–H and O–H groups in total. The zero-order valence-corrected chi connectivity index (χ0v) is 17.4. The number of amides is 1. The van der Waals surface area contributed by atoms with Crippen molar-refractivity contribution in [1.82, 2.24) is 9.88 Å². The molecule has 146 valence electrons. The lowest BCUT2D eigenvalue weighted by molar-refractivity contribution is 0.0746. The van der Waals surface area contributed by atoms with Gasteiger partial charge >= 0.3 is 0 Å². The highest BCUT2D eigenvalue weighted by Crippen LogP contribution is 2.32. The van der Waals surface area contributed by atoms with Gasteiger partial charge in [-0.05, 0) is 62.2 Å². The zero-order chi connectivity index (χ0) is 19.7. The van der Waals surface area contributed by atoms with Crippen LogP contribution in [0.3, 0.4) is 0 Å². The van der Waals surface area contributed by atoms with E-state index >= 15 is 0 Å². The number of thiazole rings is 1. The maximum Gasteiger partial charge on any atom is 0.253 e. The number of anilines is 1. The topological polar surface area (TPSA) is 45.7 Å². The van der Waals surface area contributed by atoms with Gasteiger partial charge < -0.3 is 14.5 Å². The summed E-state index contributed by atoms with van der Waals surface area (Å²) in [6.45, 7) is 9.86. The van der Waals surface area contributed by atoms with E-state index in [9.17, 15) is 4.79 Å². The van der Waals surface area contributed by atoms with Crippen molar-refractivity contribution in [3.8, 4) is 5.75 Å². The molecule has 0 bridgehead atoms. The first-order valence-corrected chi connectivity index (χ1v) is 10.5. The molecule has 6 heteroatoms. The molecule has 5 nitrogen and oxygen atoms in total. The van der Waals surface area contributed by atoms with Gasteiger partial charge in [-0.15, -0.1) is 0 Å². The lowest BCUT2D eigenvalue weighted by Crippen LogP contribution is -2.48. The first kappa shape index (κ1) is 18.7. The fourth-order valence-corrected chi connectivity index (χ4v) is 4.71. The van der Waals surface area contributed by atoms with Gasteiger partial charge in [0.05, 0.1) is 16.8 Å². The Balaban J connectivity index is 1.43. The van der Waals surface area contributed by atoms with E-state index in [2.05, 4.69) is 30.9 Å². The quantitative estimate of drug-likeness (QED) is 0.662. The first-order chi connectivity index (χ1) is 13.5. The second kappa shape index (κ2) is 7.80. The molecule has 1 aliphatic rings. The minimum absolute atomic E-state index is 0.0819. The van der Waals surface area contributed by atoms with Gasteiger partial charge in [-0.3, -0.25) is 4.79 Å². The van der Waals surface area contributed by atoms with Crippen molar-refractivity contribution in [3.63, 3.8) is 0 Å². The number of piperazine rings is 1. The molecule has 1 saturated heterocycles. The summed E-state index contributed by atoms with van der Waals surface area (Å²) in [6.07, 6.45) is 0. The summed E-state index contributed by atoms with van der Waals surface area (Å²) in [7, 11) is 0. The summed E-state index contributed by atoms with van der Waals surface area (Å²) in [5, 5.41) is 1.05. The minimum Gasteiger partial charge on any atom is -0.494 e. The molecule has 1 aliphatic heterocycles. The molecule has 3 aromatic rings. The Morgan fingerprint density at radius 2 is 1.82 bits per heavy atom. The van der Waals surface area contributed by atoms with Gasteiger partial charge in [0.2, 0.25) is 0 Å². The average molecular weight is 396 g/mol. The van der Waals surface area contributed by atoms with Crippen LogP contribution >= 0.6 is 11.3 Å².